The molecule has 2 N–H and O–H groups in total. The molecule has 4 rings (SSSR count). The predicted molar refractivity (Wildman–Crippen MR) is 101 cm³/mol. The molecule has 28 heavy (non-hydrogen) atoms. The number of piperazine rings is 1. The van der Waals surface area contributed by atoms with E-state index in [0.29, 0.717) is 32.6 Å². The van der Waals surface area contributed by atoms with Crippen LogP contribution >= 0.6 is 0 Å². The Labute approximate surface area is 163 Å². The van der Waals surface area contributed by atoms with Gasteiger partial charge >= 0.3 is 6.03 Å². The van der Waals surface area contributed by atoms with Gasteiger partial charge in [0.15, 0.2) is 0 Å². The number of halogens is 1. The molecule has 0 radical (unpaired) electrons. The molecule has 1 aliphatic carbocycles. The third-order valence-corrected chi connectivity index (χ3v) is 6.06. The Morgan fingerprint density at radius 2 is 1.96 bits per heavy atom. The Kier molecular flexibility index (Phi) is 4.72. The molecule has 2 aliphatic heterocycles. The molecule has 1 aromatic rings. The Morgan fingerprint density at radius 1 is 1.25 bits per heavy atom. The van der Waals surface area contributed by atoms with Crippen molar-refractivity contribution < 1.29 is 18.8 Å². The molecule has 1 saturated carbocycles. The van der Waals surface area contributed by atoms with Crippen molar-refractivity contribution in [3.8, 4) is 0 Å². The van der Waals surface area contributed by atoms with Gasteiger partial charge in [0.2, 0.25) is 5.91 Å². The summed E-state index contributed by atoms with van der Waals surface area (Å²) in [5.74, 6) is -0.847. The van der Waals surface area contributed by atoms with E-state index >= 15 is 0 Å². The number of carbonyl (C=O) groups excluding carboxylic acids is 3. The molecular formula is C20H25FN4O3. The van der Waals surface area contributed by atoms with Crippen molar-refractivity contribution in [2.75, 3.05) is 31.1 Å². The van der Waals surface area contributed by atoms with E-state index in [1.807, 2.05) is 13.0 Å². The average molecular weight is 388 g/mol. The van der Waals surface area contributed by atoms with Gasteiger partial charge in [0.05, 0.1) is 0 Å². The van der Waals surface area contributed by atoms with E-state index in [9.17, 15) is 18.8 Å². The van der Waals surface area contributed by atoms with Gasteiger partial charge in [-0.1, -0.05) is 13.0 Å². The van der Waals surface area contributed by atoms with Crippen molar-refractivity contribution in [2.24, 2.45) is 11.8 Å². The van der Waals surface area contributed by atoms with Crippen LogP contribution in [0.1, 0.15) is 26.2 Å². The van der Waals surface area contributed by atoms with E-state index in [0.717, 1.165) is 18.5 Å². The fraction of sp³-hybridized carbons (Fsp3) is 0.550. The Balaban J connectivity index is 1.37. The van der Waals surface area contributed by atoms with Gasteiger partial charge in [-0.15, -0.1) is 0 Å². The summed E-state index contributed by atoms with van der Waals surface area (Å²) in [6.45, 7) is 4.19. The normalized spacial score (nSPS) is 26.1. The lowest BCUT2D eigenvalue weighted by Crippen LogP contribution is -2.54. The molecule has 4 amide bonds. The van der Waals surface area contributed by atoms with Gasteiger partial charge in [-0.05, 0) is 43.4 Å². The lowest BCUT2D eigenvalue weighted by molar-refractivity contribution is -0.137. The molecule has 0 bridgehead atoms. The first kappa shape index (κ1) is 18.7. The zero-order chi connectivity index (χ0) is 19.9. The number of urea groups is 1. The van der Waals surface area contributed by atoms with Crippen molar-refractivity contribution in [3.05, 3.63) is 30.1 Å². The highest BCUT2D eigenvalue weighted by Crippen LogP contribution is 2.44. The molecule has 150 valence electrons. The molecule has 0 spiro atoms. The maximum atomic E-state index is 13.4. The first-order chi connectivity index (χ1) is 13.4. The number of hydrogen-bond donors (Lipinski definition) is 2. The van der Waals surface area contributed by atoms with E-state index in [1.165, 1.54) is 12.1 Å². The van der Waals surface area contributed by atoms with E-state index in [2.05, 4.69) is 15.5 Å². The van der Waals surface area contributed by atoms with Crippen molar-refractivity contribution >= 4 is 23.5 Å². The van der Waals surface area contributed by atoms with Crippen LogP contribution in [-0.4, -0.2) is 54.5 Å². The SMILES string of the molecule is CC(CC1(C2CC2)NC(=O)NC1=O)C(=O)N1CCN(c2cccc(F)c2)CC1. The molecule has 3 fully saturated rings. The van der Waals surface area contributed by atoms with E-state index < -0.39 is 11.6 Å². The Bertz CT molecular complexity index is 804. The molecule has 7 nitrogen and oxygen atoms in total. The molecule has 8 heteroatoms. The van der Waals surface area contributed by atoms with Crippen molar-refractivity contribution in [2.45, 2.75) is 31.7 Å². The van der Waals surface area contributed by atoms with Crippen LogP contribution in [0.4, 0.5) is 14.9 Å². The highest BCUT2D eigenvalue weighted by Gasteiger charge is 2.56. The highest BCUT2D eigenvalue weighted by atomic mass is 19.1. The summed E-state index contributed by atoms with van der Waals surface area (Å²) in [5, 5.41) is 5.12. The van der Waals surface area contributed by atoms with Crippen LogP contribution in [0.2, 0.25) is 0 Å². The quantitative estimate of drug-likeness (QED) is 0.749. The molecule has 2 unspecified atom stereocenters. The average Bonchev–Trinajstić information content (AvgIpc) is 3.48. The summed E-state index contributed by atoms with van der Waals surface area (Å²) in [6, 6.07) is 5.99. The summed E-state index contributed by atoms with van der Waals surface area (Å²) < 4.78 is 13.4. The minimum Gasteiger partial charge on any atom is -0.368 e. The number of hydrogen-bond acceptors (Lipinski definition) is 4. The second kappa shape index (κ2) is 7.07. The Hall–Kier alpha value is -2.64. The van der Waals surface area contributed by atoms with E-state index in [1.54, 1.807) is 11.0 Å². The van der Waals surface area contributed by atoms with Crippen LogP contribution in [0.5, 0.6) is 0 Å². The second-order valence-corrected chi connectivity index (χ2v) is 8.05. The van der Waals surface area contributed by atoms with Crippen LogP contribution in [0.3, 0.4) is 0 Å². The third kappa shape index (κ3) is 3.43. The largest absolute Gasteiger partial charge is 0.368 e. The predicted octanol–water partition coefficient (Wildman–Crippen LogP) is 1.49. The summed E-state index contributed by atoms with van der Waals surface area (Å²) in [5.41, 5.74) is -0.131. The van der Waals surface area contributed by atoms with Crippen molar-refractivity contribution in [1.82, 2.24) is 15.5 Å². The first-order valence-electron chi connectivity index (χ1n) is 9.82. The van der Waals surface area contributed by atoms with Crippen molar-refractivity contribution in [3.63, 3.8) is 0 Å². The lowest BCUT2D eigenvalue weighted by Gasteiger charge is -2.38. The van der Waals surface area contributed by atoms with Crippen LogP contribution < -0.4 is 15.5 Å². The minimum absolute atomic E-state index is 0.00661. The monoisotopic (exact) mass is 388 g/mol. The molecule has 2 atom stereocenters. The fourth-order valence-corrected chi connectivity index (χ4v) is 4.42. The van der Waals surface area contributed by atoms with Crippen LogP contribution in [0.15, 0.2) is 24.3 Å². The zero-order valence-electron chi connectivity index (χ0n) is 15.9. The summed E-state index contributed by atoms with van der Waals surface area (Å²) >= 11 is 0. The number of benzene rings is 1. The topological polar surface area (TPSA) is 81.8 Å². The lowest BCUT2D eigenvalue weighted by atomic mass is 9.83. The smallest absolute Gasteiger partial charge is 0.322 e. The molecule has 3 aliphatic rings. The number of anilines is 1. The number of carbonyl (C=O) groups is 3. The van der Waals surface area contributed by atoms with Gasteiger partial charge in [-0.2, -0.15) is 0 Å². The van der Waals surface area contributed by atoms with Crippen LogP contribution in [-0.2, 0) is 9.59 Å². The first-order valence-corrected chi connectivity index (χ1v) is 9.82. The Morgan fingerprint density at radius 3 is 2.54 bits per heavy atom. The fourth-order valence-electron chi connectivity index (χ4n) is 4.42. The van der Waals surface area contributed by atoms with Gasteiger partial charge in [-0.3, -0.25) is 14.9 Å². The maximum Gasteiger partial charge on any atom is 0.322 e. The second-order valence-electron chi connectivity index (χ2n) is 8.05. The number of imide groups is 1. The van der Waals surface area contributed by atoms with E-state index in [4.69, 9.17) is 0 Å². The van der Waals surface area contributed by atoms with Gasteiger partial charge in [0, 0.05) is 37.8 Å². The number of amides is 4. The number of rotatable bonds is 5. The summed E-state index contributed by atoms with van der Waals surface area (Å²) in [7, 11) is 0. The molecular weight excluding hydrogens is 363 g/mol. The number of nitrogens with one attached hydrogen (secondary N) is 2. The molecule has 1 aromatic carbocycles. The van der Waals surface area contributed by atoms with Gasteiger partial charge < -0.3 is 15.1 Å². The van der Waals surface area contributed by atoms with Crippen LogP contribution in [0, 0.1) is 17.7 Å². The van der Waals surface area contributed by atoms with Gasteiger partial charge in [-0.25, -0.2) is 9.18 Å². The zero-order valence-corrected chi connectivity index (χ0v) is 15.9. The third-order valence-electron chi connectivity index (χ3n) is 6.06. The van der Waals surface area contributed by atoms with Gasteiger partial charge in [0.25, 0.3) is 5.91 Å². The maximum absolute atomic E-state index is 13.4. The molecule has 2 heterocycles. The van der Waals surface area contributed by atoms with Gasteiger partial charge in [0.1, 0.15) is 11.4 Å². The number of nitrogens with zero attached hydrogens (tertiary/aromatic N) is 2. The summed E-state index contributed by atoms with van der Waals surface area (Å²) in [4.78, 5) is 40.9. The molecule has 0 aromatic heterocycles. The van der Waals surface area contributed by atoms with E-state index in [-0.39, 0.29) is 29.5 Å². The highest BCUT2D eigenvalue weighted by molar-refractivity contribution is 6.07. The summed E-state index contributed by atoms with van der Waals surface area (Å²) in [6.07, 6.45) is 2.10. The standard InChI is InChI=1S/C20H25FN4O3/c1-13(12-20(14-5-6-14)18(27)22-19(28)23-20)17(26)25-9-7-24(8-10-25)16-4-2-3-15(21)11-16/h2-4,11,13-14H,5-10,12H2,1H3,(H2,22,23,27,28). The molecule has 2 saturated heterocycles. The minimum atomic E-state index is -0.949. The van der Waals surface area contributed by atoms with Crippen molar-refractivity contribution in [1.29, 1.82) is 0 Å². The van der Waals surface area contributed by atoms with Crippen LogP contribution in [0.25, 0.3) is 0 Å².